The van der Waals surface area contributed by atoms with Gasteiger partial charge in [0.2, 0.25) is 18.2 Å². The van der Waals surface area contributed by atoms with E-state index in [0.717, 1.165) is 6.41 Å². The first kappa shape index (κ1) is 14.6. The molecule has 1 aliphatic carbocycles. The van der Waals surface area contributed by atoms with Crippen LogP contribution in [0.15, 0.2) is 10.6 Å². The van der Waals surface area contributed by atoms with Crippen LogP contribution in [0.3, 0.4) is 0 Å². The second-order valence-electron chi connectivity index (χ2n) is 5.73. The minimum atomic E-state index is -0.298. The van der Waals surface area contributed by atoms with Crippen LogP contribution in [0.4, 0.5) is 5.82 Å². The van der Waals surface area contributed by atoms with Gasteiger partial charge in [-0.3, -0.25) is 14.4 Å². The van der Waals surface area contributed by atoms with Crippen molar-refractivity contribution in [2.75, 3.05) is 31.5 Å². The van der Waals surface area contributed by atoms with Crippen molar-refractivity contribution in [3.05, 3.63) is 11.8 Å². The highest BCUT2D eigenvalue weighted by atomic mass is 16.5. The van der Waals surface area contributed by atoms with Crippen molar-refractivity contribution in [3.8, 4) is 0 Å². The molecule has 2 aliphatic rings. The van der Waals surface area contributed by atoms with Gasteiger partial charge in [0.15, 0.2) is 5.82 Å². The normalized spacial score (nSPS) is 24.0. The van der Waals surface area contributed by atoms with Gasteiger partial charge in [-0.15, -0.1) is 0 Å². The third kappa shape index (κ3) is 2.95. The summed E-state index contributed by atoms with van der Waals surface area (Å²) >= 11 is 0. The molecule has 1 aromatic rings. The predicted molar refractivity (Wildman–Crippen MR) is 75.7 cm³/mol. The lowest BCUT2D eigenvalue weighted by Crippen LogP contribution is -2.48. The van der Waals surface area contributed by atoms with Crippen molar-refractivity contribution in [3.63, 3.8) is 0 Å². The van der Waals surface area contributed by atoms with Crippen LogP contribution in [-0.4, -0.2) is 59.4 Å². The Kier molecular flexibility index (Phi) is 3.82. The number of aryl methyl sites for hydroxylation is 1. The fourth-order valence-corrected chi connectivity index (χ4v) is 2.68. The van der Waals surface area contributed by atoms with Crippen LogP contribution in [-0.2, 0) is 14.4 Å². The smallest absolute Gasteiger partial charge is 0.229 e. The molecule has 2 atom stereocenters. The SMILES string of the molecule is Cc1cc(NC(=O)C2CC2C(=O)N2CCN(C=O)CC2)no1. The number of nitrogens with zero attached hydrogens (tertiary/aromatic N) is 3. The summed E-state index contributed by atoms with van der Waals surface area (Å²) in [6.45, 7) is 3.91. The molecule has 1 aromatic heterocycles. The van der Waals surface area contributed by atoms with Gasteiger partial charge in [-0.25, -0.2) is 0 Å². The van der Waals surface area contributed by atoms with Crippen LogP contribution in [0, 0.1) is 18.8 Å². The summed E-state index contributed by atoms with van der Waals surface area (Å²) in [6.07, 6.45) is 1.37. The van der Waals surface area contributed by atoms with Crippen molar-refractivity contribution in [2.45, 2.75) is 13.3 Å². The number of piperazine rings is 1. The molecule has 0 bridgehead atoms. The number of anilines is 1. The van der Waals surface area contributed by atoms with Crippen LogP contribution >= 0.6 is 0 Å². The first-order valence-electron chi connectivity index (χ1n) is 7.31. The van der Waals surface area contributed by atoms with Crippen molar-refractivity contribution in [1.82, 2.24) is 15.0 Å². The maximum absolute atomic E-state index is 12.3. The van der Waals surface area contributed by atoms with Gasteiger partial charge in [-0.2, -0.15) is 0 Å². The molecule has 3 amide bonds. The van der Waals surface area contributed by atoms with E-state index >= 15 is 0 Å². The van der Waals surface area contributed by atoms with Gasteiger partial charge in [-0.1, -0.05) is 5.16 Å². The second-order valence-corrected chi connectivity index (χ2v) is 5.73. The van der Waals surface area contributed by atoms with Crippen molar-refractivity contribution in [1.29, 1.82) is 0 Å². The zero-order chi connectivity index (χ0) is 15.7. The molecular formula is C14H18N4O4. The molecule has 22 heavy (non-hydrogen) atoms. The summed E-state index contributed by atoms with van der Waals surface area (Å²) in [5.41, 5.74) is 0. The molecule has 8 heteroatoms. The average molecular weight is 306 g/mol. The highest BCUT2D eigenvalue weighted by molar-refractivity contribution is 5.99. The minimum Gasteiger partial charge on any atom is -0.360 e. The zero-order valence-corrected chi connectivity index (χ0v) is 12.3. The van der Waals surface area contributed by atoms with Crippen LogP contribution in [0.1, 0.15) is 12.2 Å². The van der Waals surface area contributed by atoms with E-state index in [2.05, 4.69) is 10.5 Å². The third-order valence-electron chi connectivity index (χ3n) is 4.10. The topological polar surface area (TPSA) is 95.8 Å². The van der Waals surface area contributed by atoms with Crippen LogP contribution in [0.2, 0.25) is 0 Å². The minimum absolute atomic E-state index is 0.00188. The Morgan fingerprint density at radius 3 is 2.64 bits per heavy atom. The fraction of sp³-hybridized carbons (Fsp3) is 0.571. The summed E-state index contributed by atoms with van der Waals surface area (Å²) in [5, 5.41) is 6.36. The lowest BCUT2D eigenvalue weighted by atomic mass is 10.2. The molecule has 2 heterocycles. The molecule has 1 saturated carbocycles. The van der Waals surface area contributed by atoms with E-state index in [4.69, 9.17) is 4.52 Å². The van der Waals surface area contributed by atoms with Crippen LogP contribution in [0.25, 0.3) is 0 Å². The van der Waals surface area contributed by atoms with E-state index in [9.17, 15) is 14.4 Å². The van der Waals surface area contributed by atoms with Gasteiger partial charge in [-0.05, 0) is 13.3 Å². The average Bonchev–Trinajstić information content (AvgIpc) is 3.24. The van der Waals surface area contributed by atoms with Crippen molar-refractivity contribution >= 4 is 24.0 Å². The third-order valence-corrected chi connectivity index (χ3v) is 4.10. The van der Waals surface area contributed by atoms with E-state index in [1.165, 1.54) is 0 Å². The zero-order valence-electron chi connectivity index (χ0n) is 12.3. The molecule has 1 N–H and O–H groups in total. The number of hydrogen-bond acceptors (Lipinski definition) is 5. The van der Waals surface area contributed by atoms with Gasteiger partial charge in [0.05, 0.1) is 11.8 Å². The van der Waals surface area contributed by atoms with E-state index in [1.54, 1.807) is 22.8 Å². The van der Waals surface area contributed by atoms with Gasteiger partial charge in [0, 0.05) is 32.2 Å². The number of carbonyl (C=O) groups is 3. The van der Waals surface area contributed by atoms with E-state index in [-0.39, 0.29) is 23.7 Å². The Balaban J connectivity index is 1.50. The fourth-order valence-electron chi connectivity index (χ4n) is 2.68. The van der Waals surface area contributed by atoms with Gasteiger partial charge in [0.25, 0.3) is 0 Å². The molecular weight excluding hydrogens is 288 g/mol. The monoisotopic (exact) mass is 306 g/mol. The molecule has 0 spiro atoms. The summed E-state index contributed by atoms with van der Waals surface area (Å²) < 4.78 is 4.88. The van der Waals surface area contributed by atoms with Gasteiger partial charge in [0.1, 0.15) is 5.76 Å². The van der Waals surface area contributed by atoms with E-state index in [0.29, 0.717) is 44.2 Å². The molecule has 2 unspecified atom stereocenters. The number of amides is 3. The van der Waals surface area contributed by atoms with Gasteiger partial charge < -0.3 is 19.6 Å². The Hall–Kier alpha value is -2.38. The Morgan fingerprint density at radius 1 is 1.32 bits per heavy atom. The second kappa shape index (κ2) is 5.78. The maximum atomic E-state index is 12.3. The highest BCUT2D eigenvalue weighted by Gasteiger charge is 2.49. The van der Waals surface area contributed by atoms with Crippen LogP contribution < -0.4 is 5.32 Å². The molecule has 2 fully saturated rings. The molecule has 8 nitrogen and oxygen atoms in total. The first-order chi connectivity index (χ1) is 10.6. The molecule has 0 radical (unpaired) electrons. The summed E-state index contributed by atoms with van der Waals surface area (Å²) in [4.78, 5) is 38.4. The van der Waals surface area contributed by atoms with E-state index in [1.807, 2.05) is 0 Å². The Morgan fingerprint density at radius 2 is 2.05 bits per heavy atom. The summed E-state index contributed by atoms with van der Waals surface area (Å²) in [5.74, 6) is 0.247. The maximum Gasteiger partial charge on any atom is 0.229 e. The predicted octanol–water partition coefficient (Wildman–Crippen LogP) is -0.142. The molecule has 1 aliphatic heterocycles. The quantitative estimate of drug-likeness (QED) is 0.781. The van der Waals surface area contributed by atoms with Crippen molar-refractivity contribution in [2.24, 2.45) is 11.8 Å². The summed E-state index contributed by atoms with van der Waals surface area (Å²) in [7, 11) is 0. The molecule has 118 valence electrons. The Labute approximate surface area is 127 Å². The lowest BCUT2D eigenvalue weighted by Gasteiger charge is -2.32. The lowest BCUT2D eigenvalue weighted by molar-refractivity contribution is -0.137. The largest absolute Gasteiger partial charge is 0.360 e. The van der Waals surface area contributed by atoms with E-state index < -0.39 is 0 Å². The molecule has 0 aromatic carbocycles. The Bertz CT molecular complexity index is 591. The first-order valence-corrected chi connectivity index (χ1v) is 7.31. The van der Waals surface area contributed by atoms with Gasteiger partial charge >= 0.3 is 0 Å². The highest BCUT2D eigenvalue weighted by Crippen LogP contribution is 2.41. The summed E-state index contributed by atoms with van der Waals surface area (Å²) in [6, 6.07) is 1.63. The van der Waals surface area contributed by atoms with Crippen molar-refractivity contribution < 1.29 is 18.9 Å². The number of aromatic nitrogens is 1. The number of rotatable bonds is 4. The molecule has 3 rings (SSSR count). The number of carbonyl (C=O) groups excluding carboxylic acids is 3. The number of nitrogens with one attached hydrogen (secondary N) is 1. The molecule has 1 saturated heterocycles. The number of hydrogen-bond donors (Lipinski definition) is 1. The van der Waals surface area contributed by atoms with Crippen LogP contribution in [0.5, 0.6) is 0 Å². The standard InChI is InChI=1S/C14H18N4O4/c1-9-6-12(16-22-9)15-13(20)10-7-11(10)14(21)18-4-2-17(8-19)3-5-18/h6,8,10-11H,2-5,7H2,1H3,(H,15,16,20).